The fourth-order valence-corrected chi connectivity index (χ4v) is 4.79. The van der Waals surface area contributed by atoms with Crippen molar-refractivity contribution >= 4 is 39.0 Å². The van der Waals surface area contributed by atoms with Crippen LogP contribution in [0.15, 0.2) is 24.5 Å². The molecular weight excluding hydrogens is 409 g/mol. The molecule has 0 spiro atoms. The highest BCUT2D eigenvalue weighted by Crippen LogP contribution is 2.37. The van der Waals surface area contributed by atoms with Crippen molar-refractivity contribution in [2.75, 3.05) is 12.4 Å². The van der Waals surface area contributed by atoms with Gasteiger partial charge in [0.25, 0.3) is 0 Å². The van der Waals surface area contributed by atoms with Gasteiger partial charge in [-0.25, -0.2) is 19.2 Å². The molecule has 9 heteroatoms. The lowest BCUT2D eigenvalue weighted by Gasteiger charge is -2.29. The first-order chi connectivity index (χ1) is 14.5. The molecule has 0 saturated heterocycles. The molecule has 2 atom stereocenters. The molecule has 2 aromatic heterocycles. The molecule has 1 saturated carbocycles. The summed E-state index contributed by atoms with van der Waals surface area (Å²) < 4.78 is 25.6. The summed E-state index contributed by atoms with van der Waals surface area (Å²) in [5.74, 6) is -0.564. The number of aromatic carboxylic acids is 1. The maximum atomic E-state index is 14.0. The van der Waals surface area contributed by atoms with Gasteiger partial charge >= 0.3 is 5.97 Å². The maximum Gasteiger partial charge on any atom is 0.346 e. The molecule has 158 valence electrons. The van der Waals surface area contributed by atoms with E-state index in [0.717, 1.165) is 37.0 Å². The second-order valence-corrected chi connectivity index (χ2v) is 8.29. The van der Waals surface area contributed by atoms with Crippen molar-refractivity contribution in [1.82, 2.24) is 9.97 Å². The number of anilines is 2. The van der Waals surface area contributed by atoms with Crippen LogP contribution in [0.25, 0.3) is 10.2 Å². The quantitative estimate of drug-likeness (QED) is 0.572. The Morgan fingerprint density at radius 1 is 1.30 bits per heavy atom. The summed E-state index contributed by atoms with van der Waals surface area (Å²) >= 11 is 1.10. The van der Waals surface area contributed by atoms with Crippen molar-refractivity contribution in [1.29, 1.82) is 0 Å². The number of halogens is 1. The Kier molecular flexibility index (Phi) is 5.83. The van der Waals surface area contributed by atoms with Crippen molar-refractivity contribution in [3.8, 4) is 5.75 Å². The number of fused-ring (bicyclic) bond motifs is 1. The van der Waals surface area contributed by atoms with Gasteiger partial charge in [0.1, 0.15) is 39.5 Å². The number of aromatic nitrogens is 2. The van der Waals surface area contributed by atoms with E-state index >= 15 is 0 Å². The van der Waals surface area contributed by atoms with Crippen molar-refractivity contribution in [2.24, 2.45) is 0 Å². The van der Waals surface area contributed by atoms with Crippen LogP contribution in [0.2, 0.25) is 0 Å². The third-order valence-corrected chi connectivity index (χ3v) is 6.51. The Morgan fingerprint density at radius 3 is 2.87 bits per heavy atom. The molecule has 30 heavy (non-hydrogen) atoms. The second kappa shape index (κ2) is 8.53. The fraction of sp³-hybridized carbons (Fsp3) is 0.381. The minimum atomic E-state index is -1.00. The van der Waals surface area contributed by atoms with Crippen LogP contribution in [-0.4, -0.2) is 40.4 Å². The van der Waals surface area contributed by atoms with Crippen LogP contribution >= 0.6 is 11.3 Å². The molecule has 7 nitrogen and oxygen atoms in total. The van der Waals surface area contributed by atoms with Gasteiger partial charge < -0.3 is 19.9 Å². The van der Waals surface area contributed by atoms with E-state index < -0.39 is 11.8 Å². The van der Waals surface area contributed by atoms with Gasteiger partial charge in [0, 0.05) is 19.6 Å². The van der Waals surface area contributed by atoms with Crippen LogP contribution in [0.4, 0.5) is 15.9 Å². The number of hydrogen-bond acceptors (Lipinski definition) is 7. The van der Waals surface area contributed by atoms with Gasteiger partial charge in [0.2, 0.25) is 0 Å². The molecule has 0 bridgehead atoms. The largest absolute Gasteiger partial charge is 0.488 e. The van der Waals surface area contributed by atoms with Gasteiger partial charge in [0.05, 0.1) is 17.2 Å². The van der Waals surface area contributed by atoms with Gasteiger partial charge in [-0.3, -0.25) is 0 Å². The van der Waals surface area contributed by atoms with Crippen molar-refractivity contribution in [2.45, 2.75) is 44.8 Å². The number of methoxy groups -OCH3 is 1. The summed E-state index contributed by atoms with van der Waals surface area (Å²) in [4.78, 5) is 20.8. The van der Waals surface area contributed by atoms with Crippen LogP contribution < -0.4 is 10.1 Å². The first-order valence-corrected chi connectivity index (χ1v) is 10.5. The average Bonchev–Trinajstić information content (AvgIpc) is 3.08. The number of benzene rings is 1. The molecule has 4 rings (SSSR count). The number of ether oxygens (including phenoxy) is 2. The Labute approximate surface area is 176 Å². The molecule has 1 aliphatic rings. The van der Waals surface area contributed by atoms with Crippen molar-refractivity contribution in [3.05, 3.63) is 40.8 Å². The van der Waals surface area contributed by atoms with Crippen LogP contribution in [0.1, 0.15) is 40.9 Å². The molecule has 2 heterocycles. The molecule has 1 aromatic carbocycles. The molecule has 0 amide bonds. The highest BCUT2D eigenvalue weighted by molar-refractivity contribution is 7.20. The number of carboxylic acids is 1. The standard InChI is InChI=1S/C21H22FN3O4S/c1-11-17-19(23-10-24-20(17)30-18(11)21(26)27)25-15-7-6-12(22)8-16(15)29-14-5-3-4-13(9-14)28-2/h6-8,10,13-14H,3-5,9H2,1-2H3,(H,26,27)(H,23,24,25)/t13-,14-/m1/s1. The monoisotopic (exact) mass is 431 g/mol. The number of carbonyl (C=O) groups is 1. The smallest absolute Gasteiger partial charge is 0.346 e. The first-order valence-electron chi connectivity index (χ1n) is 9.69. The van der Waals surface area contributed by atoms with Crippen LogP contribution in [-0.2, 0) is 4.74 Å². The number of thiophene rings is 1. The number of hydrogen-bond donors (Lipinski definition) is 2. The number of aryl methyl sites for hydroxylation is 1. The van der Waals surface area contributed by atoms with Gasteiger partial charge in [-0.15, -0.1) is 11.3 Å². The Hall–Kier alpha value is -2.78. The van der Waals surface area contributed by atoms with Crippen molar-refractivity contribution in [3.63, 3.8) is 0 Å². The topological polar surface area (TPSA) is 93.6 Å². The predicted molar refractivity (Wildman–Crippen MR) is 112 cm³/mol. The number of rotatable bonds is 6. The van der Waals surface area contributed by atoms with E-state index in [-0.39, 0.29) is 17.1 Å². The van der Waals surface area contributed by atoms with Gasteiger partial charge in [0.15, 0.2) is 0 Å². The minimum Gasteiger partial charge on any atom is -0.488 e. The van der Waals surface area contributed by atoms with E-state index in [1.807, 2.05) is 0 Å². The average molecular weight is 431 g/mol. The summed E-state index contributed by atoms with van der Waals surface area (Å²) in [6.45, 7) is 1.73. The molecular formula is C21H22FN3O4S. The fourth-order valence-electron chi connectivity index (χ4n) is 3.80. The molecule has 2 N–H and O–H groups in total. The van der Waals surface area contributed by atoms with E-state index in [4.69, 9.17) is 9.47 Å². The zero-order valence-electron chi connectivity index (χ0n) is 16.6. The Bertz CT molecular complexity index is 1090. The lowest BCUT2D eigenvalue weighted by atomic mass is 9.95. The maximum absolute atomic E-state index is 14.0. The summed E-state index contributed by atoms with van der Waals surface area (Å²) in [5.41, 5.74) is 1.14. The predicted octanol–water partition coefficient (Wildman–Crippen LogP) is 4.92. The summed E-state index contributed by atoms with van der Waals surface area (Å²) in [5, 5.41) is 13.2. The lowest BCUT2D eigenvalue weighted by Crippen LogP contribution is -2.29. The lowest BCUT2D eigenvalue weighted by molar-refractivity contribution is 0.0211. The van der Waals surface area contributed by atoms with Crippen molar-refractivity contribution < 1.29 is 23.8 Å². The normalized spacial score (nSPS) is 19.0. The van der Waals surface area contributed by atoms with E-state index in [1.165, 1.54) is 18.5 Å². The second-order valence-electron chi connectivity index (χ2n) is 7.29. The molecule has 0 aliphatic heterocycles. The third-order valence-electron chi connectivity index (χ3n) is 5.32. The summed E-state index contributed by atoms with van der Waals surface area (Å²) in [7, 11) is 1.69. The zero-order chi connectivity index (χ0) is 21.3. The SMILES string of the molecule is CO[C@@H]1CCC[C@@H](Oc2cc(F)ccc2Nc2ncnc3sc(C(=O)O)c(C)c23)C1. The Balaban J connectivity index is 1.66. The van der Waals surface area contributed by atoms with E-state index in [0.29, 0.717) is 33.0 Å². The van der Waals surface area contributed by atoms with Gasteiger partial charge in [-0.2, -0.15) is 0 Å². The molecule has 1 aliphatic carbocycles. The highest BCUT2D eigenvalue weighted by Gasteiger charge is 2.25. The minimum absolute atomic E-state index is 0.0713. The molecule has 0 unspecified atom stereocenters. The first kappa shape index (κ1) is 20.5. The van der Waals surface area contributed by atoms with Crippen LogP contribution in [0, 0.1) is 12.7 Å². The van der Waals surface area contributed by atoms with Gasteiger partial charge in [-0.1, -0.05) is 0 Å². The number of nitrogens with one attached hydrogen (secondary N) is 1. The number of nitrogens with zero attached hydrogens (tertiary/aromatic N) is 2. The summed E-state index contributed by atoms with van der Waals surface area (Å²) in [6, 6.07) is 4.28. The third kappa shape index (κ3) is 4.08. The number of carboxylic acid groups (broad SMARTS) is 1. The zero-order valence-corrected chi connectivity index (χ0v) is 17.5. The van der Waals surface area contributed by atoms with Gasteiger partial charge in [-0.05, 0) is 43.9 Å². The highest BCUT2D eigenvalue weighted by atomic mass is 32.1. The van der Waals surface area contributed by atoms with E-state index in [1.54, 1.807) is 20.1 Å². The van der Waals surface area contributed by atoms with Crippen LogP contribution in [0.3, 0.4) is 0 Å². The van der Waals surface area contributed by atoms with Crippen LogP contribution in [0.5, 0.6) is 5.75 Å². The molecule has 1 fully saturated rings. The molecule has 3 aromatic rings. The Morgan fingerprint density at radius 2 is 2.10 bits per heavy atom. The molecule has 0 radical (unpaired) electrons. The van der Waals surface area contributed by atoms with E-state index in [2.05, 4.69) is 15.3 Å². The summed E-state index contributed by atoms with van der Waals surface area (Å²) in [6.07, 6.45) is 5.04. The van der Waals surface area contributed by atoms with E-state index in [9.17, 15) is 14.3 Å².